The first kappa shape index (κ1) is 12.9. The molecule has 1 N–H and O–H groups in total. The zero-order valence-corrected chi connectivity index (χ0v) is 8.83. The smallest absolute Gasteiger partial charge is 0.328 e. The Balaban J connectivity index is 3.92. The summed E-state index contributed by atoms with van der Waals surface area (Å²) in [7, 11) is 1.29. The van der Waals surface area contributed by atoms with E-state index in [0.717, 1.165) is 0 Å². The van der Waals surface area contributed by atoms with Crippen molar-refractivity contribution in [1.82, 2.24) is 5.32 Å². The minimum Gasteiger partial charge on any atom is -0.467 e. The topological polar surface area (TPSA) is 64.6 Å². The molecular weight excluding hydrogens is 186 g/mol. The van der Waals surface area contributed by atoms with E-state index in [2.05, 4.69) is 10.1 Å². The third-order valence-corrected chi connectivity index (χ3v) is 1.67. The van der Waals surface area contributed by atoms with Gasteiger partial charge in [0, 0.05) is 6.61 Å². The third kappa shape index (κ3) is 4.81. The Bertz CT molecular complexity index is 193. The van der Waals surface area contributed by atoms with E-state index in [4.69, 9.17) is 4.74 Å². The van der Waals surface area contributed by atoms with Crippen LogP contribution in [0.1, 0.15) is 20.3 Å². The number of hydrogen-bond acceptors (Lipinski definition) is 4. The van der Waals surface area contributed by atoms with Crippen molar-refractivity contribution in [3.05, 3.63) is 0 Å². The van der Waals surface area contributed by atoms with Crippen LogP contribution in [0, 0.1) is 0 Å². The van der Waals surface area contributed by atoms with Gasteiger partial charge in [-0.3, -0.25) is 4.79 Å². The van der Waals surface area contributed by atoms with Crippen LogP contribution in [-0.2, 0) is 19.1 Å². The maximum Gasteiger partial charge on any atom is 0.328 e. The van der Waals surface area contributed by atoms with E-state index >= 15 is 0 Å². The summed E-state index contributed by atoms with van der Waals surface area (Å²) in [6.45, 7) is 4.04. The maximum absolute atomic E-state index is 11.1. The van der Waals surface area contributed by atoms with Crippen LogP contribution in [0.25, 0.3) is 0 Å². The van der Waals surface area contributed by atoms with Crippen molar-refractivity contribution in [2.45, 2.75) is 26.3 Å². The highest BCUT2D eigenvalue weighted by molar-refractivity contribution is 5.84. The highest BCUT2D eigenvalue weighted by atomic mass is 16.5. The van der Waals surface area contributed by atoms with E-state index in [0.29, 0.717) is 13.0 Å². The molecule has 0 aliphatic carbocycles. The van der Waals surface area contributed by atoms with Crippen molar-refractivity contribution < 1.29 is 19.1 Å². The van der Waals surface area contributed by atoms with Gasteiger partial charge in [0.25, 0.3) is 0 Å². The summed E-state index contributed by atoms with van der Waals surface area (Å²) in [5.41, 5.74) is 0. The quantitative estimate of drug-likeness (QED) is 0.621. The maximum atomic E-state index is 11.1. The highest BCUT2D eigenvalue weighted by Crippen LogP contribution is 1.93. The summed E-state index contributed by atoms with van der Waals surface area (Å²) in [5, 5.41) is 2.51. The molecule has 0 rings (SSSR count). The first-order valence-electron chi connectivity index (χ1n) is 4.60. The standard InChI is InChI=1S/C9H17NO4/c1-4-7(9(12)13-3)10-8(11)6-14-5-2/h7H,4-6H2,1-3H3,(H,10,11). The molecule has 0 spiro atoms. The van der Waals surface area contributed by atoms with Crippen molar-refractivity contribution in [2.24, 2.45) is 0 Å². The lowest BCUT2D eigenvalue weighted by molar-refractivity contribution is -0.145. The van der Waals surface area contributed by atoms with Crippen LogP contribution in [0.5, 0.6) is 0 Å². The van der Waals surface area contributed by atoms with Gasteiger partial charge in [-0.15, -0.1) is 0 Å². The summed E-state index contributed by atoms with van der Waals surface area (Å²) in [5.74, 6) is -0.735. The molecule has 0 fully saturated rings. The van der Waals surface area contributed by atoms with Crippen molar-refractivity contribution in [1.29, 1.82) is 0 Å². The molecular formula is C9H17NO4. The molecule has 0 heterocycles. The lowest BCUT2D eigenvalue weighted by atomic mass is 10.2. The molecule has 14 heavy (non-hydrogen) atoms. The Morgan fingerprint density at radius 3 is 2.43 bits per heavy atom. The van der Waals surface area contributed by atoms with E-state index in [1.54, 1.807) is 13.8 Å². The second kappa shape index (κ2) is 7.32. The fourth-order valence-corrected chi connectivity index (χ4v) is 0.901. The van der Waals surface area contributed by atoms with Crippen molar-refractivity contribution >= 4 is 11.9 Å². The molecule has 0 saturated carbocycles. The second-order valence-electron chi connectivity index (χ2n) is 2.69. The van der Waals surface area contributed by atoms with E-state index in [9.17, 15) is 9.59 Å². The van der Waals surface area contributed by atoms with Crippen molar-refractivity contribution in [2.75, 3.05) is 20.3 Å². The Kier molecular flexibility index (Phi) is 6.74. The molecule has 5 heteroatoms. The zero-order chi connectivity index (χ0) is 11.0. The van der Waals surface area contributed by atoms with E-state index in [1.807, 2.05) is 0 Å². The molecule has 0 radical (unpaired) electrons. The van der Waals surface area contributed by atoms with Crippen molar-refractivity contribution in [3.8, 4) is 0 Å². The summed E-state index contributed by atoms with van der Waals surface area (Å²) < 4.78 is 9.40. The van der Waals surface area contributed by atoms with Crippen LogP contribution in [-0.4, -0.2) is 38.2 Å². The molecule has 1 unspecified atom stereocenters. The predicted molar refractivity (Wildman–Crippen MR) is 50.7 cm³/mol. The lowest BCUT2D eigenvalue weighted by Gasteiger charge is -2.13. The molecule has 0 aromatic carbocycles. The van der Waals surface area contributed by atoms with Crippen LogP contribution >= 0.6 is 0 Å². The fraction of sp³-hybridized carbons (Fsp3) is 0.778. The monoisotopic (exact) mass is 203 g/mol. The van der Waals surface area contributed by atoms with Gasteiger partial charge in [-0.2, -0.15) is 0 Å². The van der Waals surface area contributed by atoms with Crippen LogP contribution in [0.4, 0.5) is 0 Å². The number of hydrogen-bond donors (Lipinski definition) is 1. The number of nitrogens with one attached hydrogen (secondary N) is 1. The molecule has 0 aromatic rings. The van der Waals surface area contributed by atoms with E-state index in [1.165, 1.54) is 7.11 Å². The third-order valence-electron chi connectivity index (χ3n) is 1.67. The van der Waals surface area contributed by atoms with Gasteiger partial charge in [-0.05, 0) is 13.3 Å². The number of rotatable bonds is 6. The second-order valence-corrected chi connectivity index (χ2v) is 2.69. The predicted octanol–water partition coefficient (Wildman–Crippen LogP) is 0.0907. The summed E-state index contributed by atoms with van der Waals surface area (Å²) in [4.78, 5) is 22.2. The molecule has 0 aliphatic rings. The number of ether oxygens (including phenoxy) is 2. The number of esters is 1. The molecule has 82 valence electrons. The number of carbonyl (C=O) groups is 2. The molecule has 1 amide bonds. The van der Waals surface area contributed by atoms with Gasteiger partial charge in [-0.25, -0.2) is 4.79 Å². The Hall–Kier alpha value is -1.10. The van der Waals surface area contributed by atoms with Gasteiger partial charge in [0.05, 0.1) is 7.11 Å². The largest absolute Gasteiger partial charge is 0.467 e. The van der Waals surface area contributed by atoms with Gasteiger partial charge in [0.1, 0.15) is 12.6 Å². The molecule has 0 saturated heterocycles. The summed E-state index contributed by atoms with van der Waals surface area (Å²) in [6, 6.07) is -0.576. The van der Waals surface area contributed by atoms with Crippen LogP contribution in [0.3, 0.4) is 0 Å². The summed E-state index contributed by atoms with van der Waals surface area (Å²) >= 11 is 0. The molecule has 1 atom stereocenters. The lowest BCUT2D eigenvalue weighted by Crippen LogP contribution is -2.42. The Morgan fingerprint density at radius 1 is 1.36 bits per heavy atom. The average Bonchev–Trinajstić information content (AvgIpc) is 2.21. The minimum atomic E-state index is -0.576. The summed E-state index contributed by atoms with van der Waals surface area (Å²) in [6.07, 6.45) is 0.505. The van der Waals surface area contributed by atoms with E-state index < -0.39 is 12.0 Å². The molecule has 0 aliphatic heterocycles. The van der Waals surface area contributed by atoms with Gasteiger partial charge in [-0.1, -0.05) is 6.92 Å². The Morgan fingerprint density at radius 2 is 2.00 bits per heavy atom. The zero-order valence-electron chi connectivity index (χ0n) is 8.83. The van der Waals surface area contributed by atoms with Crippen LogP contribution < -0.4 is 5.32 Å². The molecule has 0 aromatic heterocycles. The van der Waals surface area contributed by atoms with Crippen LogP contribution in [0.2, 0.25) is 0 Å². The van der Waals surface area contributed by atoms with Gasteiger partial charge >= 0.3 is 5.97 Å². The minimum absolute atomic E-state index is 0.0238. The molecule has 5 nitrogen and oxygen atoms in total. The number of amides is 1. The average molecular weight is 203 g/mol. The van der Waals surface area contributed by atoms with Gasteiger partial charge in [0.2, 0.25) is 5.91 Å². The normalized spacial score (nSPS) is 11.9. The van der Waals surface area contributed by atoms with E-state index in [-0.39, 0.29) is 12.5 Å². The molecule has 0 bridgehead atoms. The number of methoxy groups -OCH3 is 1. The van der Waals surface area contributed by atoms with Gasteiger partial charge in [0.15, 0.2) is 0 Å². The fourth-order valence-electron chi connectivity index (χ4n) is 0.901. The SMILES string of the molecule is CCOCC(=O)NC(CC)C(=O)OC. The van der Waals surface area contributed by atoms with Gasteiger partial charge < -0.3 is 14.8 Å². The first-order valence-corrected chi connectivity index (χ1v) is 4.60. The van der Waals surface area contributed by atoms with Crippen LogP contribution in [0.15, 0.2) is 0 Å². The highest BCUT2D eigenvalue weighted by Gasteiger charge is 2.18. The first-order chi connectivity index (χ1) is 6.65. The van der Waals surface area contributed by atoms with Crippen molar-refractivity contribution in [3.63, 3.8) is 0 Å². The Labute approximate surface area is 83.8 Å². The number of carbonyl (C=O) groups excluding carboxylic acids is 2.